The van der Waals surface area contributed by atoms with Crippen LogP contribution in [0.2, 0.25) is 0 Å². The minimum atomic E-state index is -0.964. The first-order chi connectivity index (χ1) is 4.60. The summed E-state index contributed by atoms with van der Waals surface area (Å²) < 4.78 is 0. The van der Waals surface area contributed by atoms with Crippen LogP contribution in [0.25, 0.3) is 0 Å². The van der Waals surface area contributed by atoms with Crippen molar-refractivity contribution < 1.29 is 9.59 Å². The van der Waals surface area contributed by atoms with Gasteiger partial charge in [-0.2, -0.15) is 0 Å². The summed E-state index contributed by atoms with van der Waals surface area (Å²) >= 11 is 0. The van der Waals surface area contributed by atoms with Gasteiger partial charge in [-0.05, 0) is 13.3 Å². The summed E-state index contributed by atoms with van der Waals surface area (Å²) in [6, 6.07) is 0. The molecule has 0 bridgehead atoms. The van der Waals surface area contributed by atoms with Crippen molar-refractivity contribution in [2.24, 2.45) is 11.3 Å². The van der Waals surface area contributed by atoms with E-state index in [1.54, 1.807) is 13.8 Å². The number of hydrazine groups is 1. The molecule has 0 spiro atoms. The first-order valence-electron chi connectivity index (χ1n) is 3.08. The van der Waals surface area contributed by atoms with Gasteiger partial charge in [-0.25, -0.2) is 5.84 Å². The Kier molecular flexibility index (Phi) is 3.02. The number of nitrogens with one attached hydrogen (secondary N) is 1. The summed E-state index contributed by atoms with van der Waals surface area (Å²) in [5.74, 6) is 4.41. The molecule has 4 nitrogen and oxygen atoms in total. The van der Waals surface area contributed by atoms with Gasteiger partial charge in [0.05, 0.1) is 0 Å². The Morgan fingerprint density at radius 2 is 2.30 bits per heavy atom. The van der Waals surface area contributed by atoms with Gasteiger partial charge < -0.3 is 4.79 Å². The van der Waals surface area contributed by atoms with Crippen molar-refractivity contribution >= 4 is 12.2 Å². The van der Waals surface area contributed by atoms with Gasteiger partial charge in [0.2, 0.25) is 5.91 Å². The van der Waals surface area contributed by atoms with Crippen LogP contribution in [0, 0.1) is 5.41 Å². The van der Waals surface area contributed by atoms with Gasteiger partial charge in [-0.15, -0.1) is 0 Å². The number of hydrogen-bond acceptors (Lipinski definition) is 3. The Balaban J connectivity index is 4.31. The Morgan fingerprint density at radius 3 is 2.40 bits per heavy atom. The molecule has 1 unspecified atom stereocenters. The number of carbonyl (C=O) groups excluding carboxylic acids is 2. The molecule has 0 heterocycles. The first kappa shape index (κ1) is 9.10. The van der Waals surface area contributed by atoms with Gasteiger partial charge in [-0.3, -0.25) is 10.2 Å². The summed E-state index contributed by atoms with van der Waals surface area (Å²) in [7, 11) is 0. The van der Waals surface area contributed by atoms with Crippen molar-refractivity contribution in [1.82, 2.24) is 5.43 Å². The zero-order valence-corrected chi connectivity index (χ0v) is 6.18. The van der Waals surface area contributed by atoms with Crippen LogP contribution in [0.3, 0.4) is 0 Å². The Labute approximate surface area is 59.7 Å². The summed E-state index contributed by atoms with van der Waals surface area (Å²) in [5.41, 5.74) is 0.974. The monoisotopic (exact) mass is 144 g/mol. The number of rotatable bonds is 3. The van der Waals surface area contributed by atoms with Gasteiger partial charge in [0.1, 0.15) is 11.7 Å². The molecule has 0 aliphatic rings. The van der Waals surface area contributed by atoms with Crippen LogP contribution in [0.1, 0.15) is 20.3 Å². The maximum Gasteiger partial charge on any atom is 0.246 e. The lowest BCUT2D eigenvalue weighted by Gasteiger charge is -2.17. The third-order valence-corrected chi connectivity index (χ3v) is 1.64. The van der Waals surface area contributed by atoms with Gasteiger partial charge >= 0.3 is 0 Å². The lowest BCUT2D eigenvalue weighted by Crippen LogP contribution is -2.43. The predicted molar refractivity (Wildman–Crippen MR) is 36.8 cm³/mol. The van der Waals surface area contributed by atoms with E-state index in [1.807, 2.05) is 5.43 Å². The van der Waals surface area contributed by atoms with Crippen molar-refractivity contribution in [2.45, 2.75) is 20.3 Å². The molecule has 0 aliphatic carbocycles. The second kappa shape index (κ2) is 3.31. The fourth-order valence-corrected chi connectivity index (χ4v) is 0.462. The van der Waals surface area contributed by atoms with Crippen LogP contribution in [0.5, 0.6) is 0 Å². The van der Waals surface area contributed by atoms with E-state index in [0.29, 0.717) is 12.7 Å². The first-order valence-corrected chi connectivity index (χ1v) is 3.08. The predicted octanol–water partition coefficient (Wildman–Crippen LogP) is -0.409. The molecule has 1 amide bonds. The van der Waals surface area contributed by atoms with Gasteiger partial charge in [0.25, 0.3) is 0 Å². The van der Waals surface area contributed by atoms with Crippen LogP contribution < -0.4 is 11.3 Å². The van der Waals surface area contributed by atoms with E-state index in [-0.39, 0.29) is 0 Å². The van der Waals surface area contributed by atoms with Gasteiger partial charge in [0, 0.05) is 0 Å². The third kappa shape index (κ3) is 1.54. The van der Waals surface area contributed by atoms with Crippen molar-refractivity contribution in [2.75, 3.05) is 0 Å². The molecule has 10 heavy (non-hydrogen) atoms. The molecule has 0 aliphatic heterocycles. The van der Waals surface area contributed by atoms with Gasteiger partial charge in [-0.1, -0.05) is 6.92 Å². The maximum atomic E-state index is 10.8. The molecule has 3 N–H and O–H groups in total. The molecular formula is C6H12N2O2. The molecule has 0 saturated heterocycles. The summed E-state index contributed by atoms with van der Waals surface area (Å²) in [5, 5.41) is 0. The fraction of sp³-hybridized carbons (Fsp3) is 0.667. The van der Waals surface area contributed by atoms with E-state index >= 15 is 0 Å². The standard InChI is InChI=1S/C6H12N2O2/c1-3-6(2,4-9)5(10)8-7/h4H,3,7H2,1-2H3,(H,8,10). The topological polar surface area (TPSA) is 72.2 Å². The third-order valence-electron chi connectivity index (χ3n) is 1.64. The largest absolute Gasteiger partial charge is 0.302 e. The lowest BCUT2D eigenvalue weighted by molar-refractivity contribution is -0.135. The molecule has 0 radical (unpaired) electrons. The Hall–Kier alpha value is -0.900. The smallest absolute Gasteiger partial charge is 0.246 e. The molecule has 0 fully saturated rings. The number of nitrogens with two attached hydrogens (primary N) is 1. The molecule has 0 aromatic rings. The normalized spacial score (nSPS) is 15.5. The summed E-state index contributed by atoms with van der Waals surface area (Å²) in [4.78, 5) is 21.2. The van der Waals surface area contributed by atoms with E-state index in [9.17, 15) is 9.59 Å². The number of carbonyl (C=O) groups is 2. The van der Waals surface area contributed by atoms with Crippen LogP contribution in [0.15, 0.2) is 0 Å². The zero-order valence-electron chi connectivity index (χ0n) is 6.18. The molecule has 1 atom stereocenters. The number of aldehydes is 1. The Bertz CT molecular complexity index is 147. The van der Waals surface area contributed by atoms with E-state index in [4.69, 9.17) is 5.84 Å². The fourth-order valence-electron chi connectivity index (χ4n) is 0.462. The molecule has 58 valence electrons. The molecular weight excluding hydrogens is 132 g/mol. The van der Waals surface area contributed by atoms with Crippen LogP contribution >= 0.6 is 0 Å². The van der Waals surface area contributed by atoms with E-state index in [0.717, 1.165) is 0 Å². The van der Waals surface area contributed by atoms with Crippen LogP contribution in [0.4, 0.5) is 0 Å². The average molecular weight is 144 g/mol. The molecule has 4 heteroatoms. The number of amides is 1. The Morgan fingerprint density at radius 1 is 1.80 bits per heavy atom. The highest BCUT2D eigenvalue weighted by Gasteiger charge is 2.29. The van der Waals surface area contributed by atoms with Crippen molar-refractivity contribution in [1.29, 1.82) is 0 Å². The minimum Gasteiger partial charge on any atom is -0.302 e. The second-order valence-electron chi connectivity index (χ2n) is 2.36. The van der Waals surface area contributed by atoms with Crippen LogP contribution in [-0.4, -0.2) is 12.2 Å². The van der Waals surface area contributed by atoms with E-state index < -0.39 is 11.3 Å². The maximum absolute atomic E-state index is 10.8. The number of hydrogen-bond donors (Lipinski definition) is 2. The molecule has 0 aromatic carbocycles. The van der Waals surface area contributed by atoms with Gasteiger partial charge in [0.15, 0.2) is 0 Å². The van der Waals surface area contributed by atoms with E-state index in [2.05, 4.69) is 0 Å². The average Bonchev–Trinajstić information content (AvgIpc) is 2.01. The summed E-state index contributed by atoms with van der Waals surface area (Å²) in [6.45, 7) is 3.30. The summed E-state index contributed by atoms with van der Waals surface area (Å²) in [6.07, 6.45) is 1.06. The highest BCUT2D eigenvalue weighted by molar-refractivity contribution is 5.95. The highest BCUT2D eigenvalue weighted by Crippen LogP contribution is 2.16. The van der Waals surface area contributed by atoms with Crippen molar-refractivity contribution in [3.8, 4) is 0 Å². The molecule has 0 saturated carbocycles. The lowest BCUT2D eigenvalue weighted by atomic mass is 9.89. The molecule has 0 rings (SSSR count). The second-order valence-corrected chi connectivity index (χ2v) is 2.36. The SMILES string of the molecule is CCC(C)(C=O)C(=O)NN. The quantitative estimate of drug-likeness (QED) is 0.186. The minimum absolute atomic E-state index is 0.440. The van der Waals surface area contributed by atoms with Crippen molar-refractivity contribution in [3.63, 3.8) is 0 Å². The highest BCUT2D eigenvalue weighted by atomic mass is 16.2. The van der Waals surface area contributed by atoms with E-state index in [1.165, 1.54) is 0 Å². The van der Waals surface area contributed by atoms with Crippen LogP contribution in [-0.2, 0) is 9.59 Å². The van der Waals surface area contributed by atoms with Crippen molar-refractivity contribution in [3.05, 3.63) is 0 Å². The molecule has 0 aromatic heterocycles. The zero-order chi connectivity index (χ0) is 8.20.